The Morgan fingerprint density at radius 3 is 2.47 bits per heavy atom. The van der Waals surface area contributed by atoms with Crippen LogP contribution in [0.5, 0.6) is 0 Å². The summed E-state index contributed by atoms with van der Waals surface area (Å²) in [7, 11) is 0. The van der Waals surface area contributed by atoms with Crippen molar-refractivity contribution in [3.8, 4) is 0 Å². The molecule has 2 fully saturated rings. The Labute approximate surface area is 92.2 Å². The zero-order chi connectivity index (χ0) is 10.7. The summed E-state index contributed by atoms with van der Waals surface area (Å²) in [5.74, 6) is 1.12. The number of nitrogens with one attached hydrogen (secondary N) is 1. The predicted octanol–water partition coefficient (Wildman–Crippen LogP) is 1.39. The Morgan fingerprint density at radius 2 is 1.93 bits per heavy atom. The maximum atomic E-state index is 11.8. The first-order valence-electron chi connectivity index (χ1n) is 6.30. The minimum absolute atomic E-state index is 0.396. The molecule has 2 aliphatic rings. The fourth-order valence-corrected chi connectivity index (χ4v) is 2.32. The Hall–Kier alpha value is -0.570. The van der Waals surface area contributed by atoms with Crippen molar-refractivity contribution in [1.82, 2.24) is 10.2 Å². The van der Waals surface area contributed by atoms with Crippen LogP contribution >= 0.6 is 0 Å². The Balaban J connectivity index is 1.69. The van der Waals surface area contributed by atoms with Crippen LogP contribution in [0.25, 0.3) is 0 Å². The van der Waals surface area contributed by atoms with Gasteiger partial charge in [-0.25, -0.2) is 0 Å². The van der Waals surface area contributed by atoms with Gasteiger partial charge in [-0.15, -0.1) is 0 Å². The number of carbonyl (C=O) groups is 1. The second kappa shape index (κ2) is 4.97. The van der Waals surface area contributed by atoms with Gasteiger partial charge in [-0.05, 0) is 38.1 Å². The van der Waals surface area contributed by atoms with Crippen molar-refractivity contribution >= 4 is 5.91 Å². The number of hydrogen-bond acceptors (Lipinski definition) is 2. The molecule has 3 heteroatoms. The molecule has 15 heavy (non-hydrogen) atoms. The van der Waals surface area contributed by atoms with Crippen LogP contribution in [0, 0.1) is 5.92 Å². The van der Waals surface area contributed by atoms with E-state index in [4.69, 9.17) is 0 Å². The molecular formula is C12H22N2O. The van der Waals surface area contributed by atoms with Gasteiger partial charge in [0.15, 0.2) is 0 Å². The van der Waals surface area contributed by atoms with Crippen LogP contribution in [-0.4, -0.2) is 36.5 Å². The summed E-state index contributed by atoms with van der Waals surface area (Å²) in [6.45, 7) is 5.11. The van der Waals surface area contributed by atoms with Crippen LogP contribution in [0.2, 0.25) is 0 Å². The van der Waals surface area contributed by atoms with E-state index in [-0.39, 0.29) is 0 Å². The Kier molecular flexibility index (Phi) is 3.62. The number of likely N-dealkylation sites (tertiary alicyclic amines) is 1. The summed E-state index contributed by atoms with van der Waals surface area (Å²) in [5.41, 5.74) is 0. The van der Waals surface area contributed by atoms with Crippen molar-refractivity contribution in [1.29, 1.82) is 0 Å². The van der Waals surface area contributed by atoms with Gasteiger partial charge in [-0.1, -0.05) is 6.92 Å². The molecule has 3 nitrogen and oxygen atoms in total. The zero-order valence-electron chi connectivity index (χ0n) is 9.67. The van der Waals surface area contributed by atoms with E-state index in [9.17, 15) is 4.79 Å². The summed E-state index contributed by atoms with van der Waals surface area (Å²) >= 11 is 0. The number of hydrogen-bond donors (Lipinski definition) is 1. The highest BCUT2D eigenvalue weighted by Gasteiger charge is 2.28. The fourth-order valence-electron chi connectivity index (χ4n) is 2.32. The van der Waals surface area contributed by atoms with Crippen LogP contribution in [0.15, 0.2) is 0 Å². The van der Waals surface area contributed by atoms with Gasteiger partial charge in [0.1, 0.15) is 0 Å². The van der Waals surface area contributed by atoms with E-state index in [2.05, 4.69) is 17.1 Å². The quantitative estimate of drug-likeness (QED) is 0.760. The van der Waals surface area contributed by atoms with E-state index in [0.717, 1.165) is 44.8 Å². The number of rotatable bonds is 4. The van der Waals surface area contributed by atoms with Gasteiger partial charge in [-0.3, -0.25) is 4.79 Å². The molecule has 1 saturated carbocycles. The van der Waals surface area contributed by atoms with Gasteiger partial charge in [0.05, 0.1) is 0 Å². The minimum atomic E-state index is 0.396. The smallest absolute Gasteiger partial charge is 0.222 e. The summed E-state index contributed by atoms with van der Waals surface area (Å²) in [4.78, 5) is 13.9. The number of piperidine rings is 1. The van der Waals surface area contributed by atoms with Crippen molar-refractivity contribution in [3.63, 3.8) is 0 Å². The fraction of sp³-hybridized carbons (Fsp3) is 0.917. The second-order valence-electron chi connectivity index (χ2n) is 4.86. The molecule has 0 bridgehead atoms. The molecule has 2 rings (SSSR count). The highest BCUT2D eigenvalue weighted by atomic mass is 16.2. The molecule has 1 heterocycles. The van der Waals surface area contributed by atoms with E-state index in [1.165, 1.54) is 12.8 Å². The molecule has 1 aliphatic heterocycles. The Bertz CT molecular complexity index is 218. The third-order valence-corrected chi connectivity index (χ3v) is 3.50. The van der Waals surface area contributed by atoms with Crippen molar-refractivity contribution in [2.45, 2.75) is 45.1 Å². The number of carbonyl (C=O) groups excluding carboxylic acids is 1. The molecule has 86 valence electrons. The van der Waals surface area contributed by atoms with Gasteiger partial charge in [0, 0.05) is 25.6 Å². The van der Waals surface area contributed by atoms with E-state index in [1.807, 2.05) is 0 Å². The third-order valence-electron chi connectivity index (χ3n) is 3.50. The maximum absolute atomic E-state index is 11.8. The SMILES string of the molecule is CCNC1CCN(C(=O)CC2CC2)CC1. The average Bonchev–Trinajstić information content (AvgIpc) is 3.03. The van der Waals surface area contributed by atoms with Crippen LogP contribution in [0.4, 0.5) is 0 Å². The lowest BCUT2D eigenvalue weighted by Crippen LogP contribution is -2.44. The average molecular weight is 210 g/mol. The van der Waals surface area contributed by atoms with Gasteiger partial charge < -0.3 is 10.2 Å². The molecule has 0 aromatic rings. The van der Waals surface area contributed by atoms with Crippen LogP contribution in [-0.2, 0) is 4.79 Å². The summed E-state index contributed by atoms with van der Waals surface area (Å²) in [5, 5.41) is 3.46. The zero-order valence-corrected chi connectivity index (χ0v) is 9.67. The monoisotopic (exact) mass is 210 g/mol. The molecule has 0 unspecified atom stereocenters. The summed E-state index contributed by atoms with van der Waals surface area (Å²) in [6, 6.07) is 0.639. The van der Waals surface area contributed by atoms with E-state index in [0.29, 0.717) is 11.9 Å². The first-order valence-corrected chi connectivity index (χ1v) is 6.30. The normalized spacial score (nSPS) is 23.1. The molecule has 1 saturated heterocycles. The minimum Gasteiger partial charge on any atom is -0.343 e. The molecule has 1 amide bonds. The maximum Gasteiger partial charge on any atom is 0.222 e. The lowest BCUT2D eigenvalue weighted by atomic mass is 10.0. The topological polar surface area (TPSA) is 32.3 Å². The van der Waals surface area contributed by atoms with Gasteiger partial charge in [0.2, 0.25) is 5.91 Å². The first kappa shape index (κ1) is 10.9. The Morgan fingerprint density at radius 1 is 1.27 bits per heavy atom. The van der Waals surface area contributed by atoms with E-state index < -0.39 is 0 Å². The molecule has 1 aliphatic carbocycles. The second-order valence-corrected chi connectivity index (χ2v) is 4.86. The summed E-state index contributed by atoms with van der Waals surface area (Å²) < 4.78 is 0. The van der Waals surface area contributed by atoms with E-state index in [1.54, 1.807) is 0 Å². The molecule has 0 atom stereocenters. The van der Waals surface area contributed by atoms with Crippen LogP contribution in [0.1, 0.15) is 39.0 Å². The number of amides is 1. The van der Waals surface area contributed by atoms with Crippen molar-refractivity contribution in [2.75, 3.05) is 19.6 Å². The van der Waals surface area contributed by atoms with Gasteiger partial charge in [0.25, 0.3) is 0 Å². The molecule has 0 radical (unpaired) electrons. The molecule has 0 aromatic heterocycles. The molecular weight excluding hydrogens is 188 g/mol. The van der Waals surface area contributed by atoms with Crippen LogP contribution < -0.4 is 5.32 Å². The van der Waals surface area contributed by atoms with Crippen molar-refractivity contribution in [2.24, 2.45) is 5.92 Å². The lowest BCUT2D eigenvalue weighted by molar-refractivity contribution is -0.132. The van der Waals surface area contributed by atoms with Gasteiger partial charge in [-0.2, -0.15) is 0 Å². The van der Waals surface area contributed by atoms with Crippen molar-refractivity contribution in [3.05, 3.63) is 0 Å². The van der Waals surface area contributed by atoms with E-state index >= 15 is 0 Å². The summed E-state index contributed by atoms with van der Waals surface area (Å²) in [6.07, 6.45) is 5.62. The highest BCUT2D eigenvalue weighted by Crippen LogP contribution is 2.33. The number of nitrogens with zero attached hydrogens (tertiary/aromatic N) is 1. The van der Waals surface area contributed by atoms with Crippen LogP contribution in [0.3, 0.4) is 0 Å². The lowest BCUT2D eigenvalue weighted by Gasteiger charge is -2.32. The first-order chi connectivity index (χ1) is 7.29. The standard InChI is InChI=1S/C12H22N2O/c1-2-13-11-5-7-14(8-6-11)12(15)9-10-3-4-10/h10-11,13H,2-9H2,1H3. The molecule has 0 aromatic carbocycles. The third kappa shape index (κ3) is 3.20. The molecule has 0 spiro atoms. The van der Waals surface area contributed by atoms with Crippen molar-refractivity contribution < 1.29 is 4.79 Å². The van der Waals surface area contributed by atoms with Gasteiger partial charge >= 0.3 is 0 Å². The molecule has 1 N–H and O–H groups in total. The highest BCUT2D eigenvalue weighted by molar-refractivity contribution is 5.76. The predicted molar refractivity (Wildman–Crippen MR) is 60.6 cm³/mol. The largest absolute Gasteiger partial charge is 0.343 e.